The van der Waals surface area contributed by atoms with Gasteiger partial charge in [-0.05, 0) is 44.5 Å². The third-order valence-electron chi connectivity index (χ3n) is 5.39. The van der Waals surface area contributed by atoms with Crippen LogP contribution in [0.15, 0.2) is 10.7 Å². The van der Waals surface area contributed by atoms with Crippen molar-refractivity contribution < 1.29 is 9.32 Å². The van der Waals surface area contributed by atoms with E-state index in [-0.39, 0.29) is 12.5 Å². The molecule has 2 aliphatic rings. The minimum atomic E-state index is -0.0371. The van der Waals surface area contributed by atoms with Gasteiger partial charge >= 0.3 is 0 Å². The highest BCUT2D eigenvalue weighted by molar-refractivity contribution is 5.78. The number of aromatic nitrogens is 3. The molecule has 0 radical (unpaired) electrons. The third-order valence-corrected chi connectivity index (χ3v) is 5.39. The summed E-state index contributed by atoms with van der Waals surface area (Å²) in [5.74, 6) is 1.57. The van der Waals surface area contributed by atoms with Gasteiger partial charge in [0.15, 0.2) is 0 Å². The summed E-state index contributed by atoms with van der Waals surface area (Å²) in [7, 11) is 2.10. The van der Waals surface area contributed by atoms with Gasteiger partial charge in [-0.25, -0.2) is 0 Å². The lowest BCUT2D eigenvalue weighted by atomic mass is 9.94. The number of nitrogens with zero attached hydrogens (tertiary/aromatic N) is 5. The maximum absolute atomic E-state index is 11.9. The maximum Gasteiger partial charge on any atom is 0.236 e. The van der Waals surface area contributed by atoms with Crippen LogP contribution >= 0.6 is 0 Å². The number of amides is 1. The second kappa shape index (κ2) is 6.77. The summed E-state index contributed by atoms with van der Waals surface area (Å²) in [6.07, 6.45) is 3.63. The second-order valence-corrected chi connectivity index (χ2v) is 7.20. The molecule has 0 aliphatic carbocycles. The minimum Gasteiger partial charge on any atom is -0.339 e. The van der Waals surface area contributed by atoms with Gasteiger partial charge in [0, 0.05) is 37.1 Å². The standard InChI is InChI=1S/C18H24N6O2/c1-11-16(17-21-18(26-22-17)12-3-5-23(2)9-12)14-4-6-24(15(25)7-19)10-13(14)8-20-11/h8,12H,3-7,9-10,19H2,1-2H3. The number of hydrogen-bond acceptors (Lipinski definition) is 7. The van der Waals surface area contributed by atoms with Crippen LogP contribution in [0.25, 0.3) is 11.4 Å². The number of aryl methyl sites for hydroxylation is 1. The summed E-state index contributed by atoms with van der Waals surface area (Å²) >= 11 is 0. The summed E-state index contributed by atoms with van der Waals surface area (Å²) in [6, 6.07) is 0. The molecule has 0 bridgehead atoms. The van der Waals surface area contributed by atoms with Crippen molar-refractivity contribution in [3.63, 3.8) is 0 Å². The molecule has 26 heavy (non-hydrogen) atoms. The Morgan fingerprint density at radius 2 is 2.27 bits per heavy atom. The monoisotopic (exact) mass is 356 g/mol. The first-order valence-corrected chi connectivity index (χ1v) is 9.04. The van der Waals surface area contributed by atoms with Gasteiger partial charge in [-0.2, -0.15) is 4.98 Å². The van der Waals surface area contributed by atoms with Crippen LogP contribution in [0, 0.1) is 6.92 Å². The fourth-order valence-electron chi connectivity index (χ4n) is 3.93. The summed E-state index contributed by atoms with van der Waals surface area (Å²) < 4.78 is 5.58. The Kier molecular flexibility index (Phi) is 4.46. The van der Waals surface area contributed by atoms with Gasteiger partial charge in [0.05, 0.1) is 12.5 Å². The largest absolute Gasteiger partial charge is 0.339 e. The predicted octanol–water partition coefficient (Wildman–Crippen LogP) is 0.703. The molecule has 2 aromatic rings. The van der Waals surface area contributed by atoms with Crippen LogP contribution in [0.5, 0.6) is 0 Å². The summed E-state index contributed by atoms with van der Waals surface area (Å²) in [5, 5.41) is 4.25. The van der Waals surface area contributed by atoms with Crippen molar-refractivity contribution >= 4 is 5.91 Å². The summed E-state index contributed by atoms with van der Waals surface area (Å²) in [6.45, 7) is 5.18. The Balaban J connectivity index is 1.66. The lowest BCUT2D eigenvalue weighted by Gasteiger charge is -2.29. The minimum absolute atomic E-state index is 0.0333. The van der Waals surface area contributed by atoms with Crippen molar-refractivity contribution in [2.45, 2.75) is 32.2 Å². The maximum atomic E-state index is 11.9. The third kappa shape index (κ3) is 2.99. The van der Waals surface area contributed by atoms with Crippen LogP contribution < -0.4 is 5.73 Å². The van der Waals surface area contributed by atoms with Gasteiger partial charge < -0.3 is 20.1 Å². The summed E-state index contributed by atoms with van der Waals surface area (Å²) in [5.41, 5.74) is 9.53. The zero-order valence-corrected chi connectivity index (χ0v) is 15.2. The van der Waals surface area contributed by atoms with E-state index < -0.39 is 0 Å². The van der Waals surface area contributed by atoms with E-state index >= 15 is 0 Å². The van der Waals surface area contributed by atoms with Crippen LogP contribution in [-0.4, -0.2) is 64.1 Å². The smallest absolute Gasteiger partial charge is 0.236 e. The van der Waals surface area contributed by atoms with E-state index in [9.17, 15) is 4.79 Å². The first-order chi connectivity index (χ1) is 12.6. The van der Waals surface area contributed by atoms with Gasteiger partial charge in [-0.3, -0.25) is 9.78 Å². The Morgan fingerprint density at radius 1 is 1.42 bits per heavy atom. The fourth-order valence-corrected chi connectivity index (χ4v) is 3.93. The average Bonchev–Trinajstić information content (AvgIpc) is 3.29. The number of likely N-dealkylation sites (tertiary alicyclic amines) is 1. The SMILES string of the molecule is Cc1ncc2c(c1-c1noc(C3CCN(C)C3)n1)CCN(C(=O)CN)C2. The number of rotatable bonds is 3. The molecule has 2 aromatic heterocycles. The van der Waals surface area contributed by atoms with Gasteiger partial charge in [0.25, 0.3) is 0 Å². The Hall–Kier alpha value is -2.32. The normalized spacial score (nSPS) is 20.4. The molecule has 8 nitrogen and oxygen atoms in total. The van der Waals surface area contributed by atoms with Gasteiger partial charge in [-0.15, -0.1) is 0 Å². The molecule has 4 rings (SSSR count). The zero-order chi connectivity index (χ0) is 18.3. The highest BCUT2D eigenvalue weighted by atomic mass is 16.5. The molecule has 1 saturated heterocycles. The van der Waals surface area contributed by atoms with Crippen molar-refractivity contribution in [2.75, 3.05) is 33.2 Å². The van der Waals surface area contributed by atoms with E-state index in [2.05, 4.69) is 22.1 Å². The van der Waals surface area contributed by atoms with E-state index in [0.29, 0.717) is 30.7 Å². The highest BCUT2D eigenvalue weighted by Crippen LogP contribution is 2.32. The second-order valence-electron chi connectivity index (χ2n) is 7.20. The van der Waals surface area contributed by atoms with Crippen LogP contribution in [0.1, 0.15) is 35.1 Å². The van der Waals surface area contributed by atoms with Gasteiger partial charge in [-0.1, -0.05) is 5.16 Å². The number of likely N-dealkylation sites (N-methyl/N-ethyl adjacent to an activating group) is 1. The van der Waals surface area contributed by atoms with Crippen LogP contribution in [0.3, 0.4) is 0 Å². The molecule has 1 fully saturated rings. The van der Waals surface area contributed by atoms with Crippen LogP contribution in [0.2, 0.25) is 0 Å². The average molecular weight is 356 g/mol. The van der Waals surface area contributed by atoms with Crippen LogP contribution in [0.4, 0.5) is 0 Å². The van der Waals surface area contributed by atoms with Crippen molar-refractivity contribution in [1.82, 2.24) is 24.9 Å². The topological polar surface area (TPSA) is 101 Å². The van der Waals surface area contributed by atoms with E-state index in [1.165, 1.54) is 0 Å². The zero-order valence-electron chi connectivity index (χ0n) is 15.2. The Labute approximate surface area is 152 Å². The number of pyridine rings is 1. The molecule has 4 heterocycles. The Morgan fingerprint density at radius 3 is 3.00 bits per heavy atom. The van der Waals surface area contributed by atoms with E-state index in [0.717, 1.165) is 48.3 Å². The van der Waals surface area contributed by atoms with Crippen molar-refractivity contribution in [3.05, 3.63) is 28.9 Å². The first-order valence-electron chi connectivity index (χ1n) is 9.04. The molecular weight excluding hydrogens is 332 g/mol. The van der Waals surface area contributed by atoms with E-state index in [1.807, 2.05) is 13.1 Å². The molecule has 1 atom stereocenters. The van der Waals surface area contributed by atoms with Crippen LogP contribution in [-0.2, 0) is 17.8 Å². The highest BCUT2D eigenvalue weighted by Gasteiger charge is 2.29. The first kappa shape index (κ1) is 17.1. The molecular formula is C18H24N6O2. The molecule has 0 aromatic carbocycles. The van der Waals surface area contributed by atoms with Gasteiger partial charge in [0.1, 0.15) is 0 Å². The lowest BCUT2D eigenvalue weighted by Crippen LogP contribution is -2.39. The molecule has 0 spiro atoms. The van der Waals surface area contributed by atoms with Gasteiger partial charge in [0.2, 0.25) is 17.6 Å². The number of fused-ring (bicyclic) bond motifs is 1. The number of hydrogen-bond donors (Lipinski definition) is 1. The molecule has 1 unspecified atom stereocenters. The summed E-state index contributed by atoms with van der Waals surface area (Å²) in [4.78, 5) is 25.2. The Bertz CT molecular complexity index is 833. The number of carbonyl (C=O) groups excluding carboxylic acids is 1. The fraction of sp³-hybridized carbons (Fsp3) is 0.556. The molecule has 8 heteroatoms. The van der Waals surface area contributed by atoms with E-state index in [1.54, 1.807) is 4.90 Å². The molecule has 0 saturated carbocycles. The molecule has 2 N–H and O–H groups in total. The van der Waals surface area contributed by atoms with E-state index in [4.69, 9.17) is 15.2 Å². The number of nitrogens with two attached hydrogens (primary N) is 1. The molecule has 1 amide bonds. The van der Waals surface area contributed by atoms with Crippen molar-refractivity contribution in [3.8, 4) is 11.4 Å². The predicted molar refractivity (Wildman–Crippen MR) is 95.3 cm³/mol. The van der Waals surface area contributed by atoms with Crippen molar-refractivity contribution in [1.29, 1.82) is 0 Å². The van der Waals surface area contributed by atoms with Crippen molar-refractivity contribution in [2.24, 2.45) is 5.73 Å². The quantitative estimate of drug-likeness (QED) is 0.864. The lowest BCUT2D eigenvalue weighted by molar-refractivity contribution is -0.130. The molecule has 2 aliphatic heterocycles. The number of carbonyl (C=O) groups is 1. The molecule has 138 valence electrons.